The lowest BCUT2D eigenvalue weighted by Gasteiger charge is -2.43. The Bertz CT molecular complexity index is 603. The van der Waals surface area contributed by atoms with E-state index in [2.05, 4.69) is 6.92 Å². The number of hydrogen-bond acceptors (Lipinski definition) is 2. The van der Waals surface area contributed by atoms with Crippen molar-refractivity contribution < 1.29 is 9.59 Å². The minimum absolute atomic E-state index is 0.0938. The quantitative estimate of drug-likeness (QED) is 0.780. The van der Waals surface area contributed by atoms with Crippen molar-refractivity contribution in [2.45, 2.75) is 70.9 Å². The summed E-state index contributed by atoms with van der Waals surface area (Å²) in [7, 11) is 0. The molecule has 2 amide bonds. The predicted molar refractivity (Wildman–Crippen MR) is 99.1 cm³/mol. The number of carbonyl (C=O) groups is 2. The first-order valence-corrected chi connectivity index (χ1v) is 9.78. The Morgan fingerprint density at radius 1 is 1.00 bits per heavy atom. The highest BCUT2D eigenvalue weighted by Crippen LogP contribution is 2.32. The zero-order chi connectivity index (χ0) is 17.8. The molecule has 0 N–H and O–H groups in total. The molecule has 1 saturated heterocycles. The SMILES string of the molecule is CCCN1C(=O)CN(C2CCCCCC2)C(=O)[C@@H]1c1ccc(C)cc1. The third-order valence-electron chi connectivity index (χ3n) is 5.58. The van der Waals surface area contributed by atoms with E-state index < -0.39 is 6.04 Å². The van der Waals surface area contributed by atoms with Crippen LogP contribution in [0.4, 0.5) is 0 Å². The van der Waals surface area contributed by atoms with E-state index in [1.54, 1.807) is 4.90 Å². The van der Waals surface area contributed by atoms with Gasteiger partial charge < -0.3 is 9.80 Å². The zero-order valence-corrected chi connectivity index (χ0v) is 15.5. The van der Waals surface area contributed by atoms with E-state index in [0.29, 0.717) is 6.54 Å². The van der Waals surface area contributed by atoms with Crippen molar-refractivity contribution in [2.24, 2.45) is 0 Å². The maximum absolute atomic E-state index is 13.4. The minimum Gasteiger partial charge on any atom is -0.328 e. The minimum atomic E-state index is -0.454. The maximum Gasteiger partial charge on any atom is 0.250 e. The number of amides is 2. The fourth-order valence-corrected chi connectivity index (χ4v) is 4.19. The molecule has 1 aliphatic carbocycles. The van der Waals surface area contributed by atoms with Crippen LogP contribution in [0.25, 0.3) is 0 Å². The van der Waals surface area contributed by atoms with Gasteiger partial charge in [-0.2, -0.15) is 0 Å². The first kappa shape index (κ1) is 18.0. The van der Waals surface area contributed by atoms with Crippen LogP contribution in [0.5, 0.6) is 0 Å². The van der Waals surface area contributed by atoms with Gasteiger partial charge in [-0.15, -0.1) is 0 Å². The summed E-state index contributed by atoms with van der Waals surface area (Å²) in [5.74, 6) is 0.208. The van der Waals surface area contributed by atoms with Crippen molar-refractivity contribution in [1.29, 1.82) is 0 Å². The van der Waals surface area contributed by atoms with Gasteiger partial charge in [0.15, 0.2) is 0 Å². The van der Waals surface area contributed by atoms with Gasteiger partial charge in [0, 0.05) is 12.6 Å². The smallest absolute Gasteiger partial charge is 0.250 e. The Morgan fingerprint density at radius 3 is 2.24 bits per heavy atom. The van der Waals surface area contributed by atoms with E-state index in [1.807, 2.05) is 36.1 Å². The van der Waals surface area contributed by atoms with Crippen molar-refractivity contribution >= 4 is 11.8 Å². The summed E-state index contributed by atoms with van der Waals surface area (Å²) < 4.78 is 0. The molecule has 0 bridgehead atoms. The van der Waals surface area contributed by atoms with Gasteiger partial charge in [-0.25, -0.2) is 0 Å². The van der Waals surface area contributed by atoms with E-state index in [0.717, 1.165) is 37.7 Å². The Morgan fingerprint density at radius 2 is 1.64 bits per heavy atom. The van der Waals surface area contributed by atoms with Gasteiger partial charge in [0.25, 0.3) is 5.91 Å². The van der Waals surface area contributed by atoms with E-state index in [4.69, 9.17) is 0 Å². The largest absolute Gasteiger partial charge is 0.328 e. The number of carbonyl (C=O) groups excluding carboxylic acids is 2. The molecule has 3 rings (SSSR count). The fourth-order valence-electron chi connectivity index (χ4n) is 4.19. The average molecular weight is 342 g/mol. The molecule has 4 heteroatoms. The Kier molecular flexibility index (Phi) is 5.77. The van der Waals surface area contributed by atoms with Crippen molar-refractivity contribution in [2.75, 3.05) is 13.1 Å². The molecular formula is C21H30N2O2. The second-order valence-corrected chi connectivity index (χ2v) is 7.51. The van der Waals surface area contributed by atoms with Crippen LogP contribution < -0.4 is 0 Å². The monoisotopic (exact) mass is 342 g/mol. The summed E-state index contributed by atoms with van der Waals surface area (Å²) in [6, 6.07) is 7.85. The second kappa shape index (κ2) is 8.03. The highest BCUT2D eigenvalue weighted by molar-refractivity contribution is 5.95. The fraction of sp³-hybridized carbons (Fsp3) is 0.619. The van der Waals surface area contributed by atoms with Crippen LogP contribution in [0, 0.1) is 6.92 Å². The standard InChI is InChI=1S/C21H30N2O2/c1-3-14-22-19(24)15-23(18-8-6-4-5-7-9-18)21(25)20(22)17-12-10-16(2)11-13-17/h10-13,18,20H,3-9,14-15H2,1-2H3/t20-/m0/s1. The molecule has 1 saturated carbocycles. The van der Waals surface area contributed by atoms with E-state index >= 15 is 0 Å². The normalized spacial score (nSPS) is 23.0. The van der Waals surface area contributed by atoms with Crippen LogP contribution in [-0.4, -0.2) is 40.7 Å². The maximum atomic E-state index is 13.4. The Labute approximate surface area is 151 Å². The van der Waals surface area contributed by atoms with Gasteiger partial charge >= 0.3 is 0 Å². The first-order chi connectivity index (χ1) is 12.1. The van der Waals surface area contributed by atoms with Crippen LogP contribution >= 0.6 is 0 Å². The lowest BCUT2D eigenvalue weighted by atomic mass is 9.97. The zero-order valence-electron chi connectivity index (χ0n) is 15.5. The van der Waals surface area contributed by atoms with E-state index in [1.165, 1.54) is 18.4 Å². The number of hydrogen-bond donors (Lipinski definition) is 0. The molecule has 1 heterocycles. The highest BCUT2D eigenvalue weighted by atomic mass is 16.2. The highest BCUT2D eigenvalue weighted by Gasteiger charge is 2.42. The molecule has 1 aliphatic heterocycles. The summed E-state index contributed by atoms with van der Waals surface area (Å²) >= 11 is 0. The third-order valence-corrected chi connectivity index (χ3v) is 5.58. The van der Waals surface area contributed by atoms with Crippen LogP contribution in [0.3, 0.4) is 0 Å². The number of nitrogens with zero attached hydrogens (tertiary/aromatic N) is 2. The Balaban J connectivity index is 1.90. The molecular weight excluding hydrogens is 312 g/mol. The second-order valence-electron chi connectivity index (χ2n) is 7.51. The van der Waals surface area contributed by atoms with Gasteiger partial charge in [-0.3, -0.25) is 9.59 Å². The summed E-state index contributed by atoms with van der Waals surface area (Å²) in [4.78, 5) is 29.9. The van der Waals surface area contributed by atoms with Crippen LogP contribution in [0.1, 0.15) is 69.0 Å². The van der Waals surface area contributed by atoms with E-state index in [9.17, 15) is 9.59 Å². The molecule has 136 valence electrons. The van der Waals surface area contributed by atoms with Gasteiger partial charge in [0.2, 0.25) is 5.91 Å². The molecule has 1 atom stereocenters. The molecule has 0 aromatic heterocycles. The molecule has 25 heavy (non-hydrogen) atoms. The third kappa shape index (κ3) is 3.88. The lowest BCUT2D eigenvalue weighted by molar-refractivity contribution is -0.158. The van der Waals surface area contributed by atoms with Crippen molar-refractivity contribution in [3.63, 3.8) is 0 Å². The van der Waals surface area contributed by atoms with Gasteiger partial charge in [0.1, 0.15) is 12.6 Å². The van der Waals surface area contributed by atoms with Gasteiger partial charge in [0.05, 0.1) is 0 Å². The number of piperazine rings is 1. The van der Waals surface area contributed by atoms with Crippen molar-refractivity contribution in [3.8, 4) is 0 Å². The van der Waals surface area contributed by atoms with Crippen molar-refractivity contribution in [1.82, 2.24) is 9.80 Å². The number of benzene rings is 1. The molecule has 0 unspecified atom stereocenters. The van der Waals surface area contributed by atoms with Crippen molar-refractivity contribution in [3.05, 3.63) is 35.4 Å². The van der Waals surface area contributed by atoms with Gasteiger partial charge in [-0.1, -0.05) is 62.4 Å². The van der Waals surface area contributed by atoms with Gasteiger partial charge in [-0.05, 0) is 31.7 Å². The molecule has 4 nitrogen and oxygen atoms in total. The summed E-state index contributed by atoms with van der Waals surface area (Å²) in [5.41, 5.74) is 2.11. The number of rotatable bonds is 4. The Hall–Kier alpha value is -1.84. The molecule has 1 aromatic carbocycles. The summed E-state index contributed by atoms with van der Waals surface area (Å²) in [6.07, 6.45) is 7.75. The molecule has 2 fully saturated rings. The summed E-state index contributed by atoms with van der Waals surface area (Å²) in [5, 5.41) is 0. The predicted octanol–water partition coefficient (Wildman–Crippen LogP) is 3.84. The molecule has 1 aromatic rings. The van der Waals surface area contributed by atoms with E-state index in [-0.39, 0.29) is 24.4 Å². The molecule has 2 aliphatic rings. The van der Waals surface area contributed by atoms with Crippen LogP contribution in [0.2, 0.25) is 0 Å². The van der Waals surface area contributed by atoms with Crippen LogP contribution in [0.15, 0.2) is 24.3 Å². The average Bonchev–Trinajstić information content (AvgIpc) is 2.89. The van der Waals surface area contributed by atoms with Crippen LogP contribution in [-0.2, 0) is 9.59 Å². The topological polar surface area (TPSA) is 40.6 Å². The molecule has 0 radical (unpaired) electrons. The number of aryl methyl sites for hydroxylation is 1. The molecule has 0 spiro atoms. The lowest BCUT2D eigenvalue weighted by Crippen LogP contribution is -2.58. The first-order valence-electron chi connectivity index (χ1n) is 9.78. The summed E-state index contributed by atoms with van der Waals surface area (Å²) in [6.45, 7) is 4.99.